The molecule has 1 saturated carbocycles. The molecular formula is C21H29N5O2. The van der Waals surface area contributed by atoms with Gasteiger partial charge in [0, 0.05) is 63.0 Å². The van der Waals surface area contributed by atoms with Crippen LogP contribution in [0.1, 0.15) is 37.1 Å². The number of rotatable bonds is 8. The Kier molecular flexibility index (Phi) is 5.62. The van der Waals surface area contributed by atoms with E-state index in [4.69, 9.17) is 4.74 Å². The van der Waals surface area contributed by atoms with Crippen molar-refractivity contribution in [1.82, 2.24) is 24.8 Å². The second kappa shape index (κ2) is 8.31. The topological polar surface area (TPSA) is 72.3 Å². The van der Waals surface area contributed by atoms with Crippen LogP contribution in [0.3, 0.4) is 0 Å². The number of imidazole rings is 1. The van der Waals surface area contributed by atoms with Crippen molar-refractivity contribution in [2.75, 3.05) is 19.7 Å². The zero-order chi connectivity index (χ0) is 19.4. The Labute approximate surface area is 166 Å². The molecule has 2 aromatic rings. The van der Waals surface area contributed by atoms with Crippen LogP contribution >= 0.6 is 0 Å². The summed E-state index contributed by atoms with van der Waals surface area (Å²) in [5.74, 6) is 1.02. The lowest BCUT2D eigenvalue weighted by Gasteiger charge is -2.27. The molecule has 0 unspecified atom stereocenters. The Morgan fingerprint density at radius 2 is 2.18 bits per heavy atom. The Hall–Kier alpha value is -2.41. The molecule has 1 saturated heterocycles. The van der Waals surface area contributed by atoms with E-state index in [-0.39, 0.29) is 17.6 Å². The highest BCUT2D eigenvalue weighted by Crippen LogP contribution is 2.46. The lowest BCUT2D eigenvalue weighted by atomic mass is 10.1. The van der Waals surface area contributed by atoms with Crippen LogP contribution in [0.2, 0.25) is 0 Å². The van der Waals surface area contributed by atoms with Crippen LogP contribution in [-0.4, -0.2) is 51.3 Å². The van der Waals surface area contributed by atoms with Crippen LogP contribution in [0.25, 0.3) is 0 Å². The highest BCUT2D eigenvalue weighted by atomic mass is 16.5. The fraction of sp³-hybridized carbons (Fsp3) is 0.571. The maximum absolute atomic E-state index is 13.0. The van der Waals surface area contributed by atoms with Crippen LogP contribution in [-0.2, 0) is 17.8 Å². The molecule has 1 atom stereocenters. The Bertz CT molecular complexity index is 781. The average Bonchev–Trinajstić information content (AvgIpc) is 3.06. The molecule has 2 aliphatic rings. The van der Waals surface area contributed by atoms with Crippen LogP contribution in [0.4, 0.5) is 4.79 Å². The maximum atomic E-state index is 13.0. The number of ether oxygens (including phenoxy) is 1. The summed E-state index contributed by atoms with van der Waals surface area (Å²) in [5, 5.41) is 3.19. The van der Waals surface area contributed by atoms with Gasteiger partial charge >= 0.3 is 6.03 Å². The third kappa shape index (κ3) is 4.70. The normalized spacial score (nSPS) is 20.1. The van der Waals surface area contributed by atoms with Crippen LogP contribution in [0, 0.1) is 12.3 Å². The van der Waals surface area contributed by atoms with Crippen molar-refractivity contribution in [2.24, 2.45) is 5.41 Å². The van der Waals surface area contributed by atoms with Gasteiger partial charge in [-0.25, -0.2) is 9.78 Å². The average molecular weight is 383 g/mol. The summed E-state index contributed by atoms with van der Waals surface area (Å²) in [4.78, 5) is 23.3. The number of aryl methyl sites for hydroxylation is 1. The van der Waals surface area contributed by atoms with E-state index in [9.17, 15) is 4.79 Å². The van der Waals surface area contributed by atoms with E-state index >= 15 is 0 Å². The molecule has 4 rings (SSSR count). The van der Waals surface area contributed by atoms with Crippen molar-refractivity contribution in [3.63, 3.8) is 0 Å². The molecule has 7 heteroatoms. The Morgan fingerprint density at radius 1 is 1.36 bits per heavy atom. The zero-order valence-corrected chi connectivity index (χ0v) is 16.5. The van der Waals surface area contributed by atoms with Gasteiger partial charge in [0.05, 0.1) is 6.10 Å². The number of hydrogen-bond donors (Lipinski definition) is 1. The van der Waals surface area contributed by atoms with Gasteiger partial charge in [-0.15, -0.1) is 0 Å². The second-order valence-corrected chi connectivity index (χ2v) is 8.13. The fourth-order valence-corrected chi connectivity index (χ4v) is 3.84. The molecule has 0 aromatic carbocycles. The van der Waals surface area contributed by atoms with Crippen LogP contribution in [0.15, 0.2) is 36.9 Å². The SMILES string of the molecule is Cc1nccn1CC1(CNC(=O)N(Cc2ccncc2)C[C@@H]2CCCO2)CC1. The smallest absolute Gasteiger partial charge is 0.317 e. The van der Waals surface area contributed by atoms with Gasteiger partial charge in [-0.2, -0.15) is 0 Å². The first kappa shape index (κ1) is 18.9. The first-order valence-electron chi connectivity index (χ1n) is 10.1. The van der Waals surface area contributed by atoms with E-state index in [1.54, 1.807) is 12.4 Å². The van der Waals surface area contributed by atoms with E-state index in [2.05, 4.69) is 19.9 Å². The second-order valence-electron chi connectivity index (χ2n) is 8.13. The summed E-state index contributed by atoms with van der Waals surface area (Å²) in [6.45, 7) is 5.62. The molecule has 150 valence electrons. The number of amides is 2. The number of urea groups is 1. The predicted octanol–water partition coefficient (Wildman–Crippen LogP) is 2.76. The van der Waals surface area contributed by atoms with E-state index in [0.29, 0.717) is 19.6 Å². The predicted molar refractivity (Wildman–Crippen MR) is 106 cm³/mol. The number of carbonyl (C=O) groups excluding carboxylic acids is 1. The third-order valence-electron chi connectivity index (χ3n) is 5.86. The lowest BCUT2D eigenvalue weighted by Crippen LogP contribution is -2.45. The van der Waals surface area contributed by atoms with Gasteiger partial charge in [-0.1, -0.05) is 0 Å². The van der Waals surface area contributed by atoms with Gasteiger partial charge in [0.2, 0.25) is 0 Å². The summed E-state index contributed by atoms with van der Waals surface area (Å²) in [7, 11) is 0. The van der Waals surface area contributed by atoms with E-state index in [1.807, 2.05) is 36.4 Å². The Morgan fingerprint density at radius 3 is 2.82 bits per heavy atom. The van der Waals surface area contributed by atoms with Crippen molar-refractivity contribution in [2.45, 2.75) is 51.8 Å². The standard InChI is InChI=1S/C21H29N5O2/c1-17-23-10-11-25(17)16-21(6-7-21)15-24-20(27)26(14-19-3-2-12-28-19)13-18-4-8-22-9-5-18/h4-5,8-11,19H,2-3,6-7,12-16H2,1H3,(H,24,27)/t19-/m0/s1. The summed E-state index contributed by atoms with van der Waals surface area (Å²) in [6.07, 6.45) is 11.9. The summed E-state index contributed by atoms with van der Waals surface area (Å²) >= 11 is 0. The largest absolute Gasteiger partial charge is 0.376 e. The van der Waals surface area contributed by atoms with Crippen molar-refractivity contribution in [3.05, 3.63) is 48.3 Å². The molecule has 1 N–H and O–H groups in total. The van der Waals surface area contributed by atoms with Crippen molar-refractivity contribution >= 4 is 6.03 Å². The molecule has 0 bridgehead atoms. The Balaban J connectivity index is 1.36. The minimum atomic E-state index is -0.0130. The van der Waals surface area contributed by atoms with Gasteiger partial charge in [-0.3, -0.25) is 4.98 Å². The van der Waals surface area contributed by atoms with E-state index in [0.717, 1.165) is 50.2 Å². The highest BCUT2D eigenvalue weighted by molar-refractivity contribution is 5.74. The number of carbonyl (C=O) groups is 1. The molecule has 3 heterocycles. The maximum Gasteiger partial charge on any atom is 0.317 e. The molecule has 2 aromatic heterocycles. The van der Waals surface area contributed by atoms with Crippen LogP contribution < -0.4 is 5.32 Å². The molecule has 28 heavy (non-hydrogen) atoms. The van der Waals surface area contributed by atoms with Crippen molar-refractivity contribution in [1.29, 1.82) is 0 Å². The summed E-state index contributed by atoms with van der Waals surface area (Å²) in [6, 6.07) is 3.90. The van der Waals surface area contributed by atoms with E-state index < -0.39 is 0 Å². The summed E-state index contributed by atoms with van der Waals surface area (Å²) < 4.78 is 7.95. The quantitative estimate of drug-likeness (QED) is 0.761. The number of hydrogen-bond acceptors (Lipinski definition) is 4. The molecule has 2 fully saturated rings. The van der Waals surface area contributed by atoms with Gasteiger partial charge < -0.3 is 19.5 Å². The molecule has 1 aliphatic carbocycles. The van der Waals surface area contributed by atoms with Crippen molar-refractivity contribution < 1.29 is 9.53 Å². The monoisotopic (exact) mass is 383 g/mol. The number of pyridine rings is 1. The van der Waals surface area contributed by atoms with Gasteiger partial charge in [0.1, 0.15) is 5.82 Å². The molecule has 0 spiro atoms. The van der Waals surface area contributed by atoms with Gasteiger partial charge in [0.15, 0.2) is 0 Å². The lowest BCUT2D eigenvalue weighted by molar-refractivity contribution is 0.0791. The van der Waals surface area contributed by atoms with Gasteiger partial charge in [-0.05, 0) is 50.3 Å². The zero-order valence-electron chi connectivity index (χ0n) is 16.5. The van der Waals surface area contributed by atoms with E-state index in [1.165, 1.54) is 0 Å². The van der Waals surface area contributed by atoms with Crippen LogP contribution in [0.5, 0.6) is 0 Å². The minimum Gasteiger partial charge on any atom is -0.376 e. The molecule has 2 amide bonds. The molecule has 7 nitrogen and oxygen atoms in total. The first-order valence-corrected chi connectivity index (χ1v) is 10.1. The molecule has 1 aliphatic heterocycles. The molecule has 0 radical (unpaired) electrons. The number of nitrogens with one attached hydrogen (secondary N) is 1. The van der Waals surface area contributed by atoms with Gasteiger partial charge in [0.25, 0.3) is 0 Å². The third-order valence-corrected chi connectivity index (χ3v) is 5.86. The number of aromatic nitrogens is 3. The molecular weight excluding hydrogens is 354 g/mol. The first-order chi connectivity index (χ1) is 13.6. The van der Waals surface area contributed by atoms with Crippen molar-refractivity contribution in [3.8, 4) is 0 Å². The minimum absolute atomic E-state index is 0.0130. The fourth-order valence-electron chi connectivity index (χ4n) is 3.84. The number of nitrogens with zero attached hydrogens (tertiary/aromatic N) is 4. The summed E-state index contributed by atoms with van der Waals surface area (Å²) in [5.41, 5.74) is 1.24. The highest BCUT2D eigenvalue weighted by Gasteiger charge is 2.43.